The molecule has 1 N–H and O–H groups in total. The Morgan fingerprint density at radius 1 is 1.76 bits per heavy atom. The average Bonchev–Trinajstić information content (AvgIpc) is 3.19. The predicted molar refractivity (Wildman–Crippen MR) is 67.7 cm³/mol. The van der Waals surface area contributed by atoms with Crippen molar-refractivity contribution in [1.29, 1.82) is 0 Å². The van der Waals surface area contributed by atoms with E-state index < -0.39 is 0 Å². The summed E-state index contributed by atoms with van der Waals surface area (Å²) in [6, 6.07) is 0. The van der Waals surface area contributed by atoms with Crippen LogP contribution >= 0.6 is 0 Å². The summed E-state index contributed by atoms with van der Waals surface area (Å²) in [4.78, 5) is 10.8. The van der Waals surface area contributed by atoms with Crippen molar-refractivity contribution >= 4 is 16.5 Å². The fourth-order valence-corrected chi connectivity index (χ4v) is 1.34. The zero-order valence-corrected chi connectivity index (χ0v) is 12.7. The second-order valence-corrected chi connectivity index (χ2v) is 4.14. The molecule has 0 radical (unpaired) electrons. The van der Waals surface area contributed by atoms with E-state index in [4.69, 9.17) is 14.3 Å². The molecule has 0 aromatic rings. The Bertz CT molecular complexity index is 230. The highest BCUT2D eigenvalue weighted by Gasteiger charge is 2.19. The maximum Gasteiger partial charge on any atom is 0.330 e. The lowest BCUT2D eigenvalue weighted by Gasteiger charge is -2.21. The molecular weight excluding hydrogens is 240 g/mol. The maximum atomic E-state index is 10.8. The fraction of sp³-hybridized carbons (Fsp3) is 0.727. The second-order valence-electron chi connectivity index (χ2n) is 3.67. The molecule has 1 heterocycles. The summed E-state index contributed by atoms with van der Waals surface area (Å²) in [5.41, 5.74) is 0. The van der Waals surface area contributed by atoms with E-state index in [1.807, 2.05) is 13.8 Å². The highest BCUT2D eigenvalue weighted by atomic mass is 28.2. The van der Waals surface area contributed by atoms with Gasteiger partial charge in [-0.3, -0.25) is 0 Å². The van der Waals surface area contributed by atoms with Crippen LogP contribution in [0.4, 0.5) is 0 Å². The highest BCUT2D eigenvalue weighted by molar-refractivity contribution is 5.98. The van der Waals surface area contributed by atoms with Gasteiger partial charge in [-0.2, -0.15) is 0 Å². The van der Waals surface area contributed by atoms with Gasteiger partial charge in [0.25, 0.3) is 0 Å². The molecule has 5 nitrogen and oxygen atoms in total. The van der Waals surface area contributed by atoms with Crippen LogP contribution in [0.2, 0.25) is 0 Å². The van der Waals surface area contributed by atoms with E-state index in [1.54, 1.807) is 0 Å². The molecule has 1 fully saturated rings. The topological polar surface area (TPSA) is 68.3 Å². The van der Waals surface area contributed by atoms with Gasteiger partial charge in [0, 0.05) is 6.08 Å². The van der Waals surface area contributed by atoms with E-state index in [0.717, 1.165) is 13.0 Å². The molecule has 0 aromatic carbocycles. The molecule has 0 saturated carbocycles. The lowest BCUT2D eigenvalue weighted by atomic mass is 10.2. The summed E-state index contributed by atoms with van der Waals surface area (Å²) in [7, 11) is 0.660. The number of hydrogen-bond acceptors (Lipinski definition) is 5. The van der Waals surface area contributed by atoms with Crippen molar-refractivity contribution in [3.63, 3.8) is 0 Å². The third-order valence-electron chi connectivity index (χ3n) is 2.34. The third-order valence-corrected chi connectivity index (χ3v) is 3.08. The van der Waals surface area contributed by atoms with Gasteiger partial charge >= 0.3 is 5.97 Å². The summed E-state index contributed by atoms with van der Waals surface area (Å²) in [6.07, 6.45) is 1.97. The molecule has 0 aromatic heterocycles. The lowest BCUT2D eigenvalue weighted by Crippen LogP contribution is -2.29. The van der Waals surface area contributed by atoms with E-state index in [-0.39, 0.29) is 30.9 Å². The molecular formula is C11H22O5Si. The number of rotatable bonds is 6. The minimum atomic E-state index is -0.382. The normalized spacial score (nSPS) is 20.8. The SMILES string of the molecule is C=CC(=O)OC(CC)C(C)O[SiH3].OCC1CO1. The Labute approximate surface area is 105 Å². The highest BCUT2D eigenvalue weighted by Crippen LogP contribution is 2.07. The Hall–Kier alpha value is -0.693. The first-order chi connectivity index (χ1) is 8.08. The van der Waals surface area contributed by atoms with Crippen molar-refractivity contribution < 1.29 is 23.8 Å². The zero-order valence-electron chi connectivity index (χ0n) is 10.7. The number of aliphatic hydroxyl groups is 1. The monoisotopic (exact) mass is 262 g/mol. The van der Waals surface area contributed by atoms with Crippen LogP contribution in [0.15, 0.2) is 12.7 Å². The second kappa shape index (κ2) is 9.35. The molecule has 0 bridgehead atoms. The van der Waals surface area contributed by atoms with E-state index in [9.17, 15) is 4.79 Å². The summed E-state index contributed by atoms with van der Waals surface area (Å²) in [5.74, 6) is -0.382. The van der Waals surface area contributed by atoms with E-state index in [1.165, 1.54) is 6.08 Å². The van der Waals surface area contributed by atoms with Crippen LogP contribution in [0.25, 0.3) is 0 Å². The number of aliphatic hydroxyl groups excluding tert-OH is 1. The van der Waals surface area contributed by atoms with Gasteiger partial charge in [-0.1, -0.05) is 13.5 Å². The van der Waals surface area contributed by atoms with Gasteiger partial charge in [-0.05, 0) is 13.3 Å². The number of carbonyl (C=O) groups excluding carboxylic acids is 1. The summed E-state index contributed by atoms with van der Waals surface area (Å²) >= 11 is 0. The molecule has 3 unspecified atom stereocenters. The summed E-state index contributed by atoms with van der Waals surface area (Å²) < 4.78 is 14.8. The molecule has 17 heavy (non-hydrogen) atoms. The molecule has 0 spiro atoms. The van der Waals surface area contributed by atoms with Crippen molar-refractivity contribution in [2.45, 2.75) is 38.6 Å². The predicted octanol–water partition coefficient (Wildman–Crippen LogP) is -0.443. The van der Waals surface area contributed by atoms with Gasteiger partial charge in [0.05, 0.1) is 19.3 Å². The molecule has 0 amide bonds. The van der Waals surface area contributed by atoms with E-state index >= 15 is 0 Å². The summed E-state index contributed by atoms with van der Waals surface area (Å²) in [5, 5.41) is 8.08. The van der Waals surface area contributed by atoms with Gasteiger partial charge in [0.2, 0.25) is 0 Å². The van der Waals surface area contributed by atoms with Crippen LogP contribution < -0.4 is 0 Å². The van der Waals surface area contributed by atoms with Gasteiger partial charge in [0.1, 0.15) is 22.7 Å². The molecule has 1 aliphatic heterocycles. The van der Waals surface area contributed by atoms with Crippen LogP contribution in [0, 0.1) is 0 Å². The number of esters is 1. The fourth-order valence-electron chi connectivity index (χ4n) is 1.03. The number of carbonyl (C=O) groups is 1. The maximum absolute atomic E-state index is 10.8. The van der Waals surface area contributed by atoms with Gasteiger partial charge in [-0.15, -0.1) is 0 Å². The van der Waals surface area contributed by atoms with Crippen molar-refractivity contribution in [3.05, 3.63) is 12.7 Å². The molecule has 100 valence electrons. The third kappa shape index (κ3) is 8.09. The first-order valence-corrected chi connectivity index (χ1v) is 6.48. The minimum absolute atomic E-state index is 0.00873. The van der Waals surface area contributed by atoms with Gasteiger partial charge in [-0.25, -0.2) is 4.79 Å². The molecule has 1 saturated heterocycles. The molecule has 6 heteroatoms. The van der Waals surface area contributed by atoms with Gasteiger partial charge < -0.3 is 19.0 Å². The van der Waals surface area contributed by atoms with Crippen molar-refractivity contribution in [1.82, 2.24) is 0 Å². The molecule has 1 rings (SSSR count). The van der Waals surface area contributed by atoms with Crippen molar-refractivity contribution in [3.8, 4) is 0 Å². The van der Waals surface area contributed by atoms with Crippen LogP contribution in [0.3, 0.4) is 0 Å². The smallest absolute Gasteiger partial charge is 0.330 e. The van der Waals surface area contributed by atoms with Crippen LogP contribution in [0.5, 0.6) is 0 Å². The molecule has 0 aliphatic carbocycles. The van der Waals surface area contributed by atoms with Crippen LogP contribution in [-0.4, -0.2) is 53.1 Å². The quantitative estimate of drug-likeness (QED) is 0.304. The number of epoxide rings is 1. The minimum Gasteiger partial charge on any atom is -0.457 e. The number of ether oxygens (including phenoxy) is 2. The van der Waals surface area contributed by atoms with E-state index in [0.29, 0.717) is 10.5 Å². The van der Waals surface area contributed by atoms with Crippen molar-refractivity contribution in [2.75, 3.05) is 13.2 Å². The molecule has 1 aliphatic rings. The Kier molecular flexibility index (Phi) is 8.97. The first kappa shape index (κ1) is 16.3. The first-order valence-electron chi connectivity index (χ1n) is 5.67. The van der Waals surface area contributed by atoms with E-state index in [2.05, 4.69) is 11.3 Å². The zero-order chi connectivity index (χ0) is 13.3. The Morgan fingerprint density at radius 3 is 2.59 bits per heavy atom. The van der Waals surface area contributed by atoms with Crippen LogP contribution in [-0.2, 0) is 18.7 Å². The average molecular weight is 262 g/mol. The summed E-state index contributed by atoms with van der Waals surface area (Å²) in [6.45, 7) is 8.14. The standard InChI is InChI=1S/C8H16O3Si.C3H6O2/c1-4-7(6(3)11-12)10-8(9)5-2;4-1-3-2-5-3/h5-7H,2,4H2,1,3,12H3;3-4H,1-2H2. The van der Waals surface area contributed by atoms with Crippen LogP contribution in [0.1, 0.15) is 20.3 Å². The van der Waals surface area contributed by atoms with Gasteiger partial charge in [0.15, 0.2) is 0 Å². The lowest BCUT2D eigenvalue weighted by molar-refractivity contribution is -0.147. The van der Waals surface area contributed by atoms with Crippen molar-refractivity contribution in [2.24, 2.45) is 0 Å². The largest absolute Gasteiger partial charge is 0.457 e. The Balaban J connectivity index is 0.000000419. The Morgan fingerprint density at radius 2 is 2.35 bits per heavy atom. The molecule has 3 atom stereocenters. The number of hydrogen-bond donors (Lipinski definition) is 1.